The van der Waals surface area contributed by atoms with Gasteiger partial charge in [-0.2, -0.15) is 5.26 Å². The van der Waals surface area contributed by atoms with E-state index in [2.05, 4.69) is 16.7 Å². The number of rotatable bonds is 9. The fraction of sp³-hybridized carbons (Fsp3) is 0.458. The van der Waals surface area contributed by atoms with Crippen molar-refractivity contribution in [3.8, 4) is 6.07 Å². The van der Waals surface area contributed by atoms with Gasteiger partial charge in [0.2, 0.25) is 17.7 Å². The molecule has 34 heavy (non-hydrogen) atoms. The first-order chi connectivity index (χ1) is 16.3. The van der Waals surface area contributed by atoms with Crippen LogP contribution in [0.5, 0.6) is 0 Å². The first kappa shape index (κ1) is 23.3. The number of nitrogens with two attached hydrogens (primary N) is 2. The van der Waals surface area contributed by atoms with Crippen molar-refractivity contribution in [2.75, 3.05) is 6.54 Å². The summed E-state index contributed by atoms with van der Waals surface area (Å²) in [6.45, 7) is 0.591. The van der Waals surface area contributed by atoms with Gasteiger partial charge in [0.1, 0.15) is 17.8 Å². The van der Waals surface area contributed by atoms with Gasteiger partial charge < -0.3 is 26.7 Å². The molecule has 2 fully saturated rings. The summed E-state index contributed by atoms with van der Waals surface area (Å²) in [5, 5.41) is 15.5. The van der Waals surface area contributed by atoms with Gasteiger partial charge in [0, 0.05) is 17.8 Å². The van der Waals surface area contributed by atoms with Crippen LogP contribution in [-0.2, 0) is 14.4 Å². The number of benzene rings is 1. The molecule has 0 unspecified atom stereocenters. The van der Waals surface area contributed by atoms with E-state index >= 15 is 0 Å². The average Bonchev–Trinajstić information content (AvgIpc) is 3.55. The third-order valence-corrected chi connectivity index (χ3v) is 6.67. The van der Waals surface area contributed by atoms with Crippen molar-refractivity contribution in [1.82, 2.24) is 15.2 Å². The molecule has 178 valence electrons. The van der Waals surface area contributed by atoms with E-state index in [9.17, 15) is 24.4 Å². The number of amides is 4. The lowest BCUT2D eigenvalue weighted by Crippen LogP contribution is -2.50. The van der Waals surface area contributed by atoms with Crippen LogP contribution < -0.4 is 22.1 Å². The molecule has 1 saturated carbocycles. The van der Waals surface area contributed by atoms with E-state index < -0.39 is 35.7 Å². The normalized spacial score (nSPS) is 19.6. The number of primary amides is 2. The first-order valence-corrected chi connectivity index (χ1v) is 11.5. The maximum Gasteiger partial charge on any atom is 0.265 e. The second-order valence-corrected chi connectivity index (χ2v) is 9.17. The molecule has 10 heteroatoms. The quantitative estimate of drug-likeness (QED) is 0.430. The first-order valence-electron chi connectivity index (χ1n) is 11.5. The third kappa shape index (κ3) is 4.88. The molecule has 1 aromatic carbocycles. The molecule has 1 aliphatic heterocycles. The Kier molecular flexibility index (Phi) is 6.54. The Morgan fingerprint density at radius 3 is 2.56 bits per heavy atom. The van der Waals surface area contributed by atoms with Crippen molar-refractivity contribution in [3.05, 3.63) is 35.5 Å². The summed E-state index contributed by atoms with van der Waals surface area (Å²) in [6, 6.07) is 6.77. The Bertz CT molecular complexity index is 1190. The van der Waals surface area contributed by atoms with Gasteiger partial charge in [-0.3, -0.25) is 19.2 Å². The molecule has 1 aliphatic carbocycles. The molecule has 1 aromatic heterocycles. The maximum absolute atomic E-state index is 13.6. The molecule has 4 amide bonds. The smallest absolute Gasteiger partial charge is 0.265 e. The van der Waals surface area contributed by atoms with E-state index in [0.717, 1.165) is 19.3 Å². The van der Waals surface area contributed by atoms with Gasteiger partial charge >= 0.3 is 0 Å². The highest BCUT2D eigenvalue weighted by Crippen LogP contribution is 2.39. The Balaban J connectivity index is 1.68. The zero-order valence-electron chi connectivity index (χ0n) is 18.8. The number of nitrogens with one attached hydrogen (secondary N) is 2. The zero-order valence-corrected chi connectivity index (χ0v) is 18.8. The van der Waals surface area contributed by atoms with Gasteiger partial charge in [-0.1, -0.05) is 18.9 Å². The van der Waals surface area contributed by atoms with Crippen LogP contribution >= 0.6 is 0 Å². The molecule has 6 N–H and O–H groups in total. The molecule has 0 spiro atoms. The van der Waals surface area contributed by atoms with E-state index in [0.29, 0.717) is 41.8 Å². The van der Waals surface area contributed by atoms with Crippen LogP contribution in [0.1, 0.15) is 60.6 Å². The lowest BCUT2D eigenvalue weighted by molar-refractivity contribution is -0.132. The number of hydrogen-bond donors (Lipinski definition) is 4. The van der Waals surface area contributed by atoms with Crippen LogP contribution in [0.15, 0.2) is 24.3 Å². The SMILES string of the molecule is N#Cc1ccc2cc(C(N)=O)n([C@@H](CC3CC3)C(=O)N[C@@H](C[C@@H]3CCCNC3=O)C(N)=O)c2c1. The number of fused-ring (bicyclic) bond motifs is 1. The summed E-state index contributed by atoms with van der Waals surface area (Å²) in [6.07, 6.45) is 3.87. The highest BCUT2D eigenvalue weighted by atomic mass is 16.2. The van der Waals surface area contributed by atoms with Gasteiger partial charge in [0.25, 0.3) is 5.91 Å². The summed E-state index contributed by atoms with van der Waals surface area (Å²) in [7, 11) is 0. The predicted molar refractivity (Wildman–Crippen MR) is 123 cm³/mol. The number of piperidine rings is 1. The van der Waals surface area contributed by atoms with Crippen LogP contribution in [0, 0.1) is 23.2 Å². The van der Waals surface area contributed by atoms with Crippen LogP contribution in [0.2, 0.25) is 0 Å². The Labute approximate surface area is 196 Å². The van der Waals surface area contributed by atoms with Crippen LogP contribution in [0.4, 0.5) is 0 Å². The lowest BCUT2D eigenvalue weighted by Gasteiger charge is -2.27. The van der Waals surface area contributed by atoms with Crippen molar-refractivity contribution in [2.24, 2.45) is 23.3 Å². The van der Waals surface area contributed by atoms with E-state index in [1.54, 1.807) is 28.8 Å². The van der Waals surface area contributed by atoms with Gasteiger partial charge in [-0.05, 0) is 49.8 Å². The standard InChI is InChI=1S/C24H28N6O4/c25-12-14-5-6-15-11-19(22(27)32)30(18(15)9-14)20(8-13-3-4-13)24(34)29-17(21(26)31)10-16-2-1-7-28-23(16)33/h5-6,9,11,13,16-17,20H,1-4,7-8,10H2,(H2,26,31)(H2,27,32)(H,28,33)(H,29,34)/t16-,17-,20-/m0/s1. The molecular weight excluding hydrogens is 436 g/mol. The molecular formula is C24H28N6O4. The minimum atomic E-state index is -1.03. The second-order valence-electron chi connectivity index (χ2n) is 9.17. The fourth-order valence-electron chi connectivity index (χ4n) is 4.67. The number of carbonyl (C=O) groups is 4. The highest BCUT2D eigenvalue weighted by molar-refractivity contribution is 6.00. The maximum atomic E-state index is 13.6. The number of aromatic nitrogens is 1. The largest absolute Gasteiger partial charge is 0.368 e. The van der Waals surface area contributed by atoms with Gasteiger partial charge in [-0.15, -0.1) is 0 Å². The molecule has 10 nitrogen and oxygen atoms in total. The van der Waals surface area contributed by atoms with Crippen molar-refractivity contribution in [2.45, 2.75) is 50.6 Å². The number of nitrogens with zero attached hydrogens (tertiary/aromatic N) is 2. The molecule has 0 bridgehead atoms. The number of hydrogen-bond acceptors (Lipinski definition) is 5. The van der Waals surface area contributed by atoms with Gasteiger partial charge in [0.05, 0.1) is 17.1 Å². The topological polar surface area (TPSA) is 173 Å². The zero-order chi connectivity index (χ0) is 24.4. The summed E-state index contributed by atoms with van der Waals surface area (Å²) in [5.74, 6) is -2.18. The van der Waals surface area contributed by atoms with Gasteiger partial charge in [-0.25, -0.2) is 0 Å². The number of carbonyl (C=O) groups excluding carboxylic acids is 4. The highest BCUT2D eigenvalue weighted by Gasteiger charge is 2.36. The van der Waals surface area contributed by atoms with E-state index in [4.69, 9.17) is 11.5 Å². The summed E-state index contributed by atoms with van der Waals surface area (Å²) < 4.78 is 1.57. The third-order valence-electron chi connectivity index (χ3n) is 6.67. The molecule has 2 aromatic rings. The van der Waals surface area contributed by atoms with E-state index in [1.165, 1.54) is 0 Å². The minimum absolute atomic E-state index is 0.108. The summed E-state index contributed by atoms with van der Waals surface area (Å²) in [4.78, 5) is 50.2. The van der Waals surface area contributed by atoms with Crippen molar-refractivity contribution in [1.29, 1.82) is 5.26 Å². The van der Waals surface area contributed by atoms with Crippen molar-refractivity contribution < 1.29 is 19.2 Å². The second kappa shape index (κ2) is 9.55. The predicted octanol–water partition coefficient (Wildman–Crippen LogP) is 0.839. The van der Waals surface area contributed by atoms with Crippen molar-refractivity contribution in [3.63, 3.8) is 0 Å². The molecule has 3 atom stereocenters. The monoisotopic (exact) mass is 464 g/mol. The van der Waals surface area contributed by atoms with Crippen LogP contribution in [0.3, 0.4) is 0 Å². The molecule has 1 saturated heterocycles. The van der Waals surface area contributed by atoms with Gasteiger partial charge in [0.15, 0.2) is 0 Å². The molecule has 0 radical (unpaired) electrons. The summed E-state index contributed by atoms with van der Waals surface area (Å²) >= 11 is 0. The van der Waals surface area contributed by atoms with E-state index in [-0.39, 0.29) is 18.0 Å². The summed E-state index contributed by atoms with van der Waals surface area (Å²) in [5.41, 5.74) is 12.3. The Morgan fingerprint density at radius 2 is 1.94 bits per heavy atom. The minimum Gasteiger partial charge on any atom is -0.368 e. The fourth-order valence-corrected chi connectivity index (χ4v) is 4.67. The average molecular weight is 465 g/mol. The molecule has 2 aliphatic rings. The lowest BCUT2D eigenvalue weighted by atomic mass is 9.91. The molecule has 4 rings (SSSR count). The Morgan fingerprint density at radius 1 is 1.18 bits per heavy atom. The van der Waals surface area contributed by atoms with Crippen LogP contribution in [-0.4, -0.2) is 40.8 Å². The number of nitriles is 1. The van der Waals surface area contributed by atoms with E-state index in [1.807, 2.05) is 0 Å². The van der Waals surface area contributed by atoms with Crippen LogP contribution in [0.25, 0.3) is 10.9 Å². The van der Waals surface area contributed by atoms with Crippen molar-refractivity contribution >= 4 is 34.5 Å². The Hall–Kier alpha value is -3.87. The molecule has 2 heterocycles.